The molecule has 0 radical (unpaired) electrons. The number of sulfonamides is 1. The molecular formula is C26H29N3O4S2. The molecule has 3 aromatic carbocycles. The number of hydrogen-bond acceptors (Lipinski definition) is 5. The van der Waals surface area contributed by atoms with Crippen LogP contribution in [0.1, 0.15) is 35.7 Å². The Morgan fingerprint density at radius 1 is 0.971 bits per heavy atom. The Hall–Kier alpha value is -3.27. The van der Waals surface area contributed by atoms with Crippen molar-refractivity contribution in [3.63, 3.8) is 0 Å². The molecule has 0 aromatic heterocycles. The van der Waals surface area contributed by atoms with E-state index in [1.807, 2.05) is 30.3 Å². The van der Waals surface area contributed by atoms with E-state index in [-0.39, 0.29) is 22.5 Å². The lowest BCUT2D eigenvalue weighted by Crippen LogP contribution is -2.34. The van der Waals surface area contributed by atoms with Crippen LogP contribution in [0.4, 0.5) is 5.69 Å². The molecule has 0 aliphatic heterocycles. The van der Waals surface area contributed by atoms with Gasteiger partial charge in [0.1, 0.15) is 5.75 Å². The van der Waals surface area contributed by atoms with Crippen LogP contribution in [-0.4, -0.2) is 37.4 Å². The van der Waals surface area contributed by atoms with E-state index in [1.54, 1.807) is 43.4 Å². The summed E-state index contributed by atoms with van der Waals surface area (Å²) >= 11 is 5.24. The van der Waals surface area contributed by atoms with Crippen LogP contribution in [0, 0.1) is 0 Å². The van der Waals surface area contributed by atoms with E-state index < -0.39 is 10.0 Å². The van der Waals surface area contributed by atoms with Crippen molar-refractivity contribution in [2.75, 3.05) is 19.0 Å². The van der Waals surface area contributed by atoms with Crippen LogP contribution >= 0.6 is 12.2 Å². The number of nitrogens with zero attached hydrogens (tertiary/aromatic N) is 1. The quantitative estimate of drug-likeness (QED) is 0.300. The van der Waals surface area contributed by atoms with Crippen molar-refractivity contribution in [1.82, 2.24) is 9.62 Å². The number of thiocarbonyl (C=S) groups is 1. The second kappa shape index (κ2) is 12.4. The lowest BCUT2D eigenvalue weighted by atomic mass is 10.2. The summed E-state index contributed by atoms with van der Waals surface area (Å²) in [6.45, 7) is 3.00. The third-order valence-corrected chi connectivity index (χ3v) is 7.20. The van der Waals surface area contributed by atoms with Crippen molar-refractivity contribution >= 4 is 38.9 Å². The number of anilines is 1. The average molecular weight is 512 g/mol. The first-order valence-corrected chi connectivity index (χ1v) is 13.1. The summed E-state index contributed by atoms with van der Waals surface area (Å²) in [4.78, 5) is 12.6. The summed E-state index contributed by atoms with van der Waals surface area (Å²) in [7, 11) is -2.11. The second-order valence-electron chi connectivity index (χ2n) is 7.91. The molecule has 0 atom stereocenters. The third kappa shape index (κ3) is 7.61. The number of carbonyl (C=O) groups excluding carboxylic acids is 1. The van der Waals surface area contributed by atoms with Crippen molar-refractivity contribution in [3.8, 4) is 5.75 Å². The van der Waals surface area contributed by atoms with E-state index in [9.17, 15) is 13.2 Å². The van der Waals surface area contributed by atoms with Gasteiger partial charge in [0.05, 0.1) is 11.5 Å². The predicted molar refractivity (Wildman–Crippen MR) is 142 cm³/mol. The summed E-state index contributed by atoms with van der Waals surface area (Å²) in [5.41, 5.74) is 1.90. The third-order valence-electron chi connectivity index (χ3n) is 5.18. The van der Waals surface area contributed by atoms with Crippen LogP contribution in [0.15, 0.2) is 83.8 Å². The maximum Gasteiger partial charge on any atom is 0.257 e. The maximum atomic E-state index is 12.9. The SMILES string of the molecule is CCCCOc1ccc(C(=O)NC(=S)Nc2ccc(S(=O)(=O)N(C)Cc3ccccc3)cc2)cc1. The van der Waals surface area contributed by atoms with Crippen LogP contribution in [0.25, 0.3) is 0 Å². The smallest absolute Gasteiger partial charge is 0.257 e. The van der Waals surface area contributed by atoms with E-state index in [0.717, 1.165) is 18.4 Å². The number of unbranched alkanes of at least 4 members (excludes halogenated alkanes) is 1. The van der Waals surface area contributed by atoms with Crippen molar-refractivity contribution < 1.29 is 17.9 Å². The van der Waals surface area contributed by atoms with Gasteiger partial charge in [-0.2, -0.15) is 4.31 Å². The number of carbonyl (C=O) groups is 1. The van der Waals surface area contributed by atoms with Gasteiger partial charge in [-0.1, -0.05) is 43.7 Å². The topological polar surface area (TPSA) is 87.7 Å². The minimum atomic E-state index is -3.66. The number of benzene rings is 3. The Bertz CT molecular complexity index is 1230. The van der Waals surface area contributed by atoms with Crippen LogP contribution in [-0.2, 0) is 16.6 Å². The Morgan fingerprint density at radius 3 is 2.26 bits per heavy atom. The highest BCUT2D eigenvalue weighted by atomic mass is 32.2. The highest BCUT2D eigenvalue weighted by Crippen LogP contribution is 2.19. The molecule has 0 aliphatic rings. The van der Waals surface area contributed by atoms with E-state index in [0.29, 0.717) is 23.6 Å². The van der Waals surface area contributed by atoms with E-state index >= 15 is 0 Å². The summed E-state index contributed by atoms with van der Waals surface area (Å²) in [5, 5.41) is 5.63. The summed E-state index contributed by atoms with van der Waals surface area (Å²) in [5.74, 6) is 0.351. The monoisotopic (exact) mass is 511 g/mol. The zero-order valence-electron chi connectivity index (χ0n) is 19.7. The summed E-state index contributed by atoms with van der Waals surface area (Å²) in [6.07, 6.45) is 2.02. The van der Waals surface area contributed by atoms with Crippen LogP contribution in [0.5, 0.6) is 5.75 Å². The molecule has 35 heavy (non-hydrogen) atoms. The molecule has 7 nitrogen and oxygen atoms in total. The van der Waals surface area contributed by atoms with Crippen molar-refractivity contribution in [1.29, 1.82) is 0 Å². The van der Waals surface area contributed by atoms with Crippen LogP contribution in [0.3, 0.4) is 0 Å². The van der Waals surface area contributed by atoms with E-state index in [1.165, 1.54) is 16.4 Å². The maximum absolute atomic E-state index is 12.9. The highest BCUT2D eigenvalue weighted by Gasteiger charge is 2.21. The first-order valence-electron chi connectivity index (χ1n) is 11.2. The molecule has 0 saturated carbocycles. The Kier molecular flexibility index (Phi) is 9.36. The molecule has 3 aromatic rings. The van der Waals surface area contributed by atoms with Gasteiger partial charge in [-0.15, -0.1) is 0 Å². The number of nitrogens with one attached hydrogen (secondary N) is 2. The van der Waals surface area contributed by atoms with Gasteiger partial charge >= 0.3 is 0 Å². The van der Waals surface area contributed by atoms with E-state index in [4.69, 9.17) is 17.0 Å². The molecule has 2 N–H and O–H groups in total. The zero-order valence-corrected chi connectivity index (χ0v) is 21.4. The van der Waals surface area contributed by atoms with Crippen molar-refractivity contribution in [3.05, 3.63) is 90.0 Å². The Balaban J connectivity index is 1.55. The standard InChI is InChI=1S/C26H29N3O4S2/c1-3-4-18-33-23-14-10-21(11-15-23)25(30)28-26(34)27-22-12-16-24(17-13-22)35(31,32)29(2)19-20-8-6-5-7-9-20/h5-17H,3-4,18-19H2,1-2H3,(H2,27,28,30,34). The minimum Gasteiger partial charge on any atom is -0.494 e. The molecule has 0 fully saturated rings. The molecule has 0 aliphatic carbocycles. The van der Waals surface area contributed by atoms with Crippen LogP contribution in [0.2, 0.25) is 0 Å². The van der Waals surface area contributed by atoms with Gasteiger partial charge in [-0.25, -0.2) is 8.42 Å². The molecule has 1 amide bonds. The van der Waals surface area contributed by atoms with Crippen molar-refractivity contribution in [2.24, 2.45) is 0 Å². The minimum absolute atomic E-state index is 0.107. The molecule has 9 heteroatoms. The highest BCUT2D eigenvalue weighted by molar-refractivity contribution is 7.89. The zero-order chi connectivity index (χ0) is 25.3. The average Bonchev–Trinajstić information content (AvgIpc) is 2.85. The fraction of sp³-hybridized carbons (Fsp3) is 0.231. The number of rotatable bonds is 10. The molecule has 0 heterocycles. The summed E-state index contributed by atoms with van der Waals surface area (Å²) in [6, 6.07) is 22.4. The first-order chi connectivity index (χ1) is 16.8. The molecular weight excluding hydrogens is 482 g/mol. The van der Waals surface area contributed by atoms with Gasteiger partial charge in [0.25, 0.3) is 5.91 Å². The molecule has 184 valence electrons. The van der Waals surface area contributed by atoms with Gasteiger partial charge in [0.2, 0.25) is 10.0 Å². The molecule has 0 saturated heterocycles. The first kappa shape index (κ1) is 26.3. The normalized spacial score (nSPS) is 11.2. The molecule has 0 unspecified atom stereocenters. The largest absolute Gasteiger partial charge is 0.494 e. The number of ether oxygens (including phenoxy) is 1. The van der Waals surface area contributed by atoms with Gasteiger partial charge in [-0.05, 0) is 72.7 Å². The predicted octanol–water partition coefficient (Wildman–Crippen LogP) is 4.81. The van der Waals surface area contributed by atoms with E-state index in [2.05, 4.69) is 17.6 Å². The fourth-order valence-electron chi connectivity index (χ4n) is 3.19. The number of hydrogen-bond donors (Lipinski definition) is 2. The second-order valence-corrected chi connectivity index (χ2v) is 10.4. The van der Waals surface area contributed by atoms with Gasteiger partial charge in [0, 0.05) is 24.8 Å². The van der Waals surface area contributed by atoms with Gasteiger partial charge < -0.3 is 10.1 Å². The van der Waals surface area contributed by atoms with Gasteiger partial charge in [-0.3, -0.25) is 10.1 Å². The Morgan fingerprint density at radius 2 is 1.63 bits per heavy atom. The molecule has 0 bridgehead atoms. The summed E-state index contributed by atoms with van der Waals surface area (Å²) < 4.78 is 32.7. The fourth-order valence-corrected chi connectivity index (χ4v) is 4.56. The van der Waals surface area contributed by atoms with Crippen molar-refractivity contribution in [2.45, 2.75) is 31.2 Å². The number of amides is 1. The van der Waals surface area contributed by atoms with Crippen LogP contribution < -0.4 is 15.4 Å². The molecule has 0 spiro atoms. The lowest BCUT2D eigenvalue weighted by Gasteiger charge is -2.17. The lowest BCUT2D eigenvalue weighted by molar-refractivity contribution is 0.0977. The van der Waals surface area contributed by atoms with Gasteiger partial charge in [0.15, 0.2) is 5.11 Å². The molecule has 3 rings (SSSR count). The Labute approximate surface area is 212 Å².